The van der Waals surface area contributed by atoms with Gasteiger partial charge in [-0.05, 0) is 20.5 Å². The van der Waals surface area contributed by atoms with E-state index < -0.39 is 0 Å². The lowest BCUT2D eigenvalue weighted by atomic mass is 10.4. The highest BCUT2D eigenvalue weighted by atomic mass is 31.1. The van der Waals surface area contributed by atoms with Gasteiger partial charge in [-0.1, -0.05) is 5.21 Å². The van der Waals surface area contributed by atoms with Crippen molar-refractivity contribution in [3.63, 3.8) is 0 Å². The van der Waals surface area contributed by atoms with Crippen LogP contribution in [0.5, 0.6) is 0 Å². The summed E-state index contributed by atoms with van der Waals surface area (Å²) in [5.41, 5.74) is 0.845. The molecule has 8 heteroatoms. The van der Waals surface area contributed by atoms with E-state index in [0.29, 0.717) is 33.0 Å². The van der Waals surface area contributed by atoms with Crippen LogP contribution in [0.15, 0.2) is 6.20 Å². The predicted octanol–water partition coefficient (Wildman–Crippen LogP) is 1.09. The molecule has 0 radical (unpaired) electrons. The van der Waals surface area contributed by atoms with Gasteiger partial charge in [-0.15, -0.1) is 13.7 Å². The van der Waals surface area contributed by atoms with E-state index in [0.717, 1.165) is 33.7 Å². The zero-order valence-electron chi connectivity index (χ0n) is 13.9. The Hall–Kier alpha value is -0.590. The van der Waals surface area contributed by atoms with E-state index in [2.05, 4.69) is 22.3 Å². The monoisotopic (exact) mass is 332 g/mol. The van der Waals surface area contributed by atoms with Gasteiger partial charge in [0.05, 0.1) is 51.9 Å². The summed E-state index contributed by atoms with van der Waals surface area (Å²) in [6.07, 6.45) is 3.16. The number of aromatic nitrogens is 3. The second kappa shape index (κ2) is 12.9. The minimum Gasteiger partial charge on any atom is -0.378 e. The van der Waals surface area contributed by atoms with Crippen LogP contribution in [0.2, 0.25) is 0 Å². The Morgan fingerprint density at radius 2 is 2.00 bits per heavy atom. The summed E-state index contributed by atoms with van der Waals surface area (Å²) in [5, 5.41) is 11.4. The van der Waals surface area contributed by atoms with Gasteiger partial charge in [0, 0.05) is 12.8 Å². The summed E-state index contributed by atoms with van der Waals surface area (Å²) in [4.78, 5) is 0. The van der Waals surface area contributed by atoms with Crippen molar-refractivity contribution in [3.05, 3.63) is 11.9 Å². The van der Waals surface area contributed by atoms with Crippen molar-refractivity contribution in [1.29, 1.82) is 0 Å². The summed E-state index contributed by atoms with van der Waals surface area (Å²) in [6, 6.07) is 0. The second-order valence-electron chi connectivity index (χ2n) is 5.09. The smallest absolute Gasteiger partial charge is 0.108 e. The van der Waals surface area contributed by atoms with Gasteiger partial charge in [-0.3, -0.25) is 0 Å². The fraction of sp³-hybridized carbons (Fsp3) is 0.857. The molecule has 1 unspecified atom stereocenters. The molecule has 1 heterocycles. The minimum absolute atomic E-state index is 0.200. The molecule has 1 rings (SSSR count). The summed E-state index contributed by atoms with van der Waals surface area (Å²) < 4.78 is 18.2. The molecule has 0 bridgehead atoms. The quantitative estimate of drug-likeness (QED) is 0.406. The largest absolute Gasteiger partial charge is 0.378 e. The van der Waals surface area contributed by atoms with Crippen molar-refractivity contribution in [3.8, 4) is 0 Å². The van der Waals surface area contributed by atoms with E-state index in [1.54, 1.807) is 4.68 Å². The molecule has 0 aromatic carbocycles. The lowest BCUT2D eigenvalue weighted by Gasteiger charge is -2.06. The normalized spacial score (nSPS) is 12.0. The van der Waals surface area contributed by atoms with Crippen LogP contribution in [-0.2, 0) is 27.4 Å². The van der Waals surface area contributed by atoms with Gasteiger partial charge >= 0.3 is 0 Å². The third-order valence-corrected chi connectivity index (χ3v) is 3.32. The first-order valence-electron chi connectivity index (χ1n) is 7.73. The van der Waals surface area contributed by atoms with Crippen LogP contribution < -0.4 is 5.32 Å². The standard InChI is InChI=1S/C14H29N4O3P/c1-13(2)21-11-14-10-18(17-16-14)5-7-20-9-8-19-6-4-15-12-22-3/h10,13,15,22H,4-9,11-12H2,1-3H3. The molecule has 1 atom stereocenters. The highest BCUT2D eigenvalue weighted by Crippen LogP contribution is 1.99. The molecule has 1 aromatic heterocycles. The molecule has 0 amide bonds. The van der Waals surface area contributed by atoms with Gasteiger partial charge < -0.3 is 19.5 Å². The number of hydrogen-bond donors (Lipinski definition) is 1. The highest BCUT2D eigenvalue weighted by Gasteiger charge is 2.02. The number of hydrogen-bond acceptors (Lipinski definition) is 6. The van der Waals surface area contributed by atoms with E-state index >= 15 is 0 Å². The van der Waals surface area contributed by atoms with Crippen molar-refractivity contribution >= 4 is 8.58 Å². The van der Waals surface area contributed by atoms with Crippen LogP contribution in [0.25, 0.3) is 0 Å². The average Bonchev–Trinajstić information content (AvgIpc) is 2.95. The maximum absolute atomic E-state index is 5.51. The summed E-state index contributed by atoms with van der Waals surface area (Å²) in [6.45, 7) is 10.8. The molecule has 0 saturated heterocycles. The van der Waals surface area contributed by atoms with Crippen LogP contribution in [0, 0.1) is 0 Å². The lowest BCUT2D eigenvalue weighted by Crippen LogP contribution is -2.19. The van der Waals surface area contributed by atoms with Gasteiger partial charge in [0.2, 0.25) is 0 Å². The first-order chi connectivity index (χ1) is 10.7. The number of ether oxygens (including phenoxy) is 3. The molecule has 0 spiro atoms. The van der Waals surface area contributed by atoms with Crippen molar-refractivity contribution in [1.82, 2.24) is 20.3 Å². The molecule has 0 aliphatic heterocycles. The van der Waals surface area contributed by atoms with Gasteiger partial charge in [-0.2, -0.15) is 0 Å². The van der Waals surface area contributed by atoms with Crippen molar-refractivity contribution in [2.75, 3.05) is 45.9 Å². The molecule has 7 nitrogen and oxygen atoms in total. The number of rotatable bonds is 14. The van der Waals surface area contributed by atoms with E-state index in [1.165, 1.54) is 0 Å². The minimum atomic E-state index is 0.200. The van der Waals surface area contributed by atoms with Crippen LogP contribution in [0.4, 0.5) is 0 Å². The molecule has 1 N–H and O–H groups in total. The zero-order chi connectivity index (χ0) is 16.0. The Kier molecular flexibility index (Phi) is 11.4. The first kappa shape index (κ1) is 19.5. The molecule has 128 valence electrons. The molecular formula is C14H29N4O3P. The fourth-order valence-corrected chi connectivity index (χ4v) is 2.03. The molecule has 0 aliphatic carbocycles. The van der Waals surface area contributed by atoms with E-state index in [4.69, 9.17) is 14.2 Å². The molecule has 0 fully saturated rings. The second-order valence-corrected chi connectivity index (χ2v) is 6.15. The van der Waals surface area contributed by atoms with E-state index in [9.17, 15) is 0 Å². The maximum atomic E-state index is 5.51. The Labute approximate surface area is 134 Å². The highest BCUT2D eigenvalue weighted by molar-refractivity contribution is 7.36. The molecule has 0 aliphatic rings. The Bertz CT molecular complexity index is 377. The zero-order valence-corrected chi connectivity index (χ0v) is 14.9. The van der Waals surface area contributed by atoms with Crippen molar-refractivity contribution in [2.45, 2.75) is 33.1 Å². The van der Waals surface area contributed by atoms with Crippen molar-refractivity contribution < 1.29 is 14.2 Å². The van der Waals surface area contributed by atoms with Gasteiger partial charge in [-0.25, -0.2) is 4.68 Å². The van der Waals surface area contributed by atoms with Crippen LogP contribution in [0.1, 0.15) is 19.5 Å². The lowest BCUT2D eigenvalue weighted by molar-refractivity contribution is 0.0451. The molecule has 1 aromatic rings. The summed E-state index contributed by atoms with van der Waals surface area (Å²) >= 11 is 0. The van der Waals surface area contributed by atoms with Gasteiger partial charge in [0.1, 0.15) is 5.69 Å². The molecular weight excluding hydrogens is 303 g/mol. The topological polar surface area (TPSA) is 70.4 Å². The predicted molar refractivity (Wildman–Crippen MR) is 88.7 cm³/mol. The van der Waals surface area contributed by atoms with E-state index in [1.807, 2.05) is 20.0 Å². The Morgan fingerprint density at radius 3 is 2.73 bits per heavy atom. The maximum Gasteiger partial charge on any atom is 0.108 e. The summed E-state index contributed by atoms with van der Waals surface area (Å²) in [5.74, 6) is 0. The Morgan fingerprint density at radius 1 is 1.23 bits per heavy atom. The third kappa shape index (κ3) is 10.2. The van der Waals surface area contributed by atoms with Crippen LogP contribution in [0.3, 0.4) is 0 Å². The van der Waals surface area contributed by atoms with E-state index in [-0.39, 0.29) is 6.10 Å². The van der Waals surface area contributed by atoms with Gasteiger partial charge in [0.25, 0.3) is 0 Å². The fourth-order valence-electron chi connectivity index (χ4n) is 1.60. The summed E-state index contributed by atoms with van der Waals surface area (Å²) in [7, 11) is 0.943. The first-order valence-corrected chi connectivity index (χ1v) is 9.44. The molecule has 22 heavy (non-hydrogen) atoms. The van der Waals surface area contributed by atoms with Crippen LogP contribution >= 0.6 is 8.58 Å². The third-order valence-electron chi connectivity index (χ3n) is 2.71. The van der Waals surface area contributed by atoms with Gasteiger partial charge in [0.15, 0.2) is 0 Å². The molecule has 0 saturated carbocycles. The average molecular weight is 332 g/mol. The Balaban J connectivity index is 1.94. The number of nitrogens with zero attached hydrogens (tertiary/aromatic N) is 3. The van der Waals surface area contributed by atoms with Crippen LogP contribution in [-0.4, -0.2) is 67.0 Å². The number of nitrogens with one attached hydrogen (secondary N) is 1. The SMILES string of the molecule is CPCNCCOCCOCCn1cc(COC(C)C)nn1. The van der Waals surface area contributed by atoms with Crippen molar-refractivity contribution in [2.24, 2.45) is 0 Å².